The first-order valence-electron chi connectivity index (χ1n) is 5.86. The minimum atomic E-state index is 0.424. The minimum Gasteiger partial charge on any atom is -0.448 e. The third kappa shape index (κ3) is 3.52. The van der Waals surface area contributed by atoms with Crippen molar-refractivity contribution in [3.8, 4) is 0 Å². The third-order valence-corrected chi connectivity index (χ3v) is 2.79. The maximum Gasteiger partial charge on any atom is 0.193 e. The SMILES string of the molecule is CN(C)Cc1ccccc1NCc1ccc(Cl)o1. The lowest BCUT2D eigenvalue weighted by Crippen LogP contribution is -2.12. The fourth-order valence-corrected chi connectivity index (χ4v) is 1.96. The van der Waals surface area contributed by atoms with Gasteiger partial charge in [-0.05, 0) is 49.5 Å². The van der Waals surface area contributed by atoms with Crippen LogP contribution < -0.4 is 5.32 Å². The van der Waals surface area contributed by atoms with Crippen LogP contribution in [-0.2, 0) is 13.1 Å². The highest BCUT2D eigenvalue weighted by Gasteiger charge is 2.04. The van der Waals surface area contributed by atoms with Crippen LogP contribution in [-0.4, -0.2) is 19.0 Å². The summed E-state index contributed by atoms with van der Waals surface area (Å²) in [6, 6.07) is 11.9. The molecule has 4 heteroatoms. The fourth-order valence-electron chi connectivity index (χ4n) is 1.80. The Morgan fingerprint density at radius 2 is 1.94 bits per heavy atom. The van der Waals surface area contributed by atoms with Gasteiger partial charge in [0.2, 0.25) is 0 Å². The van der Waals surface area contributed by atoms with Crippen LogP contribution >= 0.6 is 11.6 Å². The number of anilines is 1. The molecule has 0 aliphatic rings. The predicted octanol–water partition coefficient (Wildman–Crippen LogP) is 3.61. The Morgan fingerprint density at radius 1 is 1.17 bits per heavy atom. The van der Waals surface area contributed by atoms with Crippen LogP contribution in [0, 0.1) is 0 Å². The highest BCUT2D eigenvalue weighted by Crippen LogP contribution is 2.19. The van der Waals surface area contributed by atoms with Gasteiger partial charge in [0.15, 0.2) is 5.22 Å². The number of rotatable bonds is 5. The number of halogens is 1. The van der Waals surface area contributed by atoms with E-state index in [0.29, 0.717) is 11.8 Å². The zero-order valence-corrected chi connectivity index (χ0v) is 11.4. The number of para-hydroxylation sites is 1. The van der Waals surface area contributed by atoms with Crippen molar-refractivity contribution in [2.45, 2.75) is 13.1 Å². The maximum atomic E-state index is 5.74. The molecule has 0 atom stereocenters. The summed E-state index contributed by atoms with van der Waals surface area (Å²) in [5.41, 5.74) is 2.39. The fraction of sp³-hybridized carbons (Fsp3) is 0.286. The second kappa shape index (κ2) is 5.94. The van der Waals surface area contributed by atoms with Gasteiger partial charge in [-0.25, -0.2) is 0 Å². The van der Waals surface area contributed by atoms with Crippen molar-refractivity contribution in [1.29, 1.82) is 0 Å². The van der Waals surface area contributed by atoms with Crippen molar-refractivity contribution in [1.82, 2.24) is 4.90 Å². The number of nitrogens with zero attached hydrogens (tertiary/aromatic N) is 1. The molecule has 1 heterocycles. The summed E-state index contributed by atoms with van der Waals surface area (Å²) in [5.74, 6) is 0.833. The number of benzene rings is 1. The number of furan rings is 1. The summed E-state index contributed by atoms with van der Waals surface area (Å²) in [7, 11) is 4.12. The average Bonchev–Trinajstić information content (AvgIpc) is 2.73. The van der Waals surface area contributed by atoms with Crippen molar-refractivity contribution >= 4 is 17.3 Å². The lowest BCUT2D eigenvalue weighted by Gasteiger charge is -2.14. The van der Waals surface area contributed by atoms with E-state index in [1.807, 2.05) is 18.2 Å². The molecule has 0 spiro atoms. The molecule has 1 N–H and O–H groups in total. The van der Waals surface area contributed by atoms with Gasteiger partial charge in [-0.2, -0.15) is 0 Å². The molecule has 0 aliphatic carbocycles. The second-order valence-electron chi connectivity index (χ2n) is 4.45. The molecule has 2 aromatic rings. The Balaban J connectivity index is 2.04. The number of nitrogens with one attached hydrogen (secondary N) is 1. The van der Waals surface area contributed by atoms with E-state index in [2.05, 4.69) is 36.4 Å². The molecule has 1 aromatic carbocycles. The lowest BCUT2D eigenvalue weighted by atomic mass is 10.1. The molecule has 0 unspecified atom stereocenters. The Hall–Kier alpha value is -1.45. The molecule has 0 bridgehead atoms. The van der Waals surface area contributed by atoms with E-state index in [9.17, 15) is 0 Å². The monoisotopic (exact) mass is 264 g/mol. The second-order valence-corrected chi connectivity index (χ2v) is 4.83. The molecule has 2 rings (SSSR count). The predicted molar refractivity (Wildman–Crippen MR) is 74.9 cm³/mol. The van der Waals surface area contributed by atoms with Crippen LogP contribution in [0.4, 0.5) is 5.69 Å². The van der Waals surface area contributed by atoms with Crippen LogP contribution in [0.3, 0.4) is 0 Å². The van der Waals surface area contributed by atoms with Crippen molar-refractivity contribution in [2.24, 2.45) is 0 Å². The zero-order valence-electron chi connectivity index (χ0n) is 10.6. The van der Waals surface area contributed by atoms with Crippen LogP contribution in [0.5, 0.6) is 0 Å². The van der Waals surface area contributed by atoms with Crippen molar-refractivity contribution in [3.63, 3.8) is 0 Å². The van der Waals surface area contributed by atoms with E-state index in [0.717, 1.165) is 18.0 Å². The van der Waals surface area contributed by atoms with E-state index in [4.69, 9.17) is 16.0 Å². The Morgan fingerprint density at radius 3 is 2.61 bits per heavy atom. The molecular formula is C14H17ClN2O. The van der Waals surface area contributed by atoms with Gasteiger partial charge in [0.1, 0.15) is 5.76 Å². The molecule has 0 amide bonds. The quantitative estimate of drug-likeness (QED) is 0.894. The summed E-state index contributed by atoms with van der Waals surface area (Å²) < 4.78 is 5.32. The smallest absolute Gasteiger partial charge is 0.193 e. The van der Waals surface area contributed by atoms with Crippen LogP contribution in [0.15, 0.2) is 40.8 Å². The van der Waals surface area contributed by atoms with E-state index in [1.54, 1.807) is 6.07 Å². The first kappa shape index (κ1) is 13.0. The van der Waals surface area contributed by atoms with Gasteiger partial charge in [0, 0.05) is 12.2 Å². The minimum absolute atomic E-state index is 0.424. The first-order valence-corrected chi connectivity index (χ1v) is 6.23. The van der Waals surface area contributed by atoms with Crippen molar-refractivity contribution in [3.05, 3.63) is 52.9 Å². The summed E-state index contributed by atoms with van der Waals surface area (Å²) in [4.78, 5) is 2.14. The van der Waals surface area contributed by atoms with Gasteiger partial charge < -0.3 is 14.6 Å². The molecule has 0 saturated heterocycles. The van der Waals surface area contributed by atoms with Crippen LogP contribution in [0.25, 0.3) is 0 Å². The highest BCUT2D eigenvalue weighted by molar-refractivity contribution is 6.28. The molecule has 3 nitrogen and oxygen atoms in total. The molecule has 0 radical (unpaired) electrons. The molecule has 0 fully saturated rings. The summed E-state index contributed by atoms with van der Waals surface area (Å²) in [6.07, 6.45) is 0. The van der Waals surface area contributed by atoms with Gasteiger partial charge in [-0.3, -0.25) is 0 Å². The summed E-state index contributed by atoms with van der Waals surface area (Å²) in [5, 5.41) is 3.79. The average molecular weight is 265 g/mol. The van der Waals surface area contributed by atoms with Crippen LogP contribution in [0.2, 0.25) is 5.22 Å². The Bertz CT molecular complexity index is 508. The molecule has 0 aliphatic heterocycles. The zero-order chi connectivity index (χ0) is 13.0. The third-order valence-electron chi connectivity index (χ3n) is 2.59. The molecule has 96 valence electrons. The van der Waals surface area contributed by atoms with E-state index in [-0.39, 0.29) is 0 Å². The van der Waals surface area contributed by atoms with E-state index in [1.165, 1.54) is 5.56 Å². The highest BCUT2D eigenvalue weighted by atomic mass is 35.5. The lowest BCUT2D eigenvalue weighted by molar-refractivity contribution is 0.403. The van der Waals surface area contributed by atoms with Crippen LogP contribution in [0.1, 0.15) is 11.3 Å². The van der Waals surface area contributed by atoms with E-state index < -0.39 is 0 Å². The summed E-state index contributed by atoms with van der Waals surface area (Å²) in [6.45, 7) is 1.54. The number of hydrogen-bond acceptors (Lipinski definition) is 3. The Kier molecular flexibility index (Phi) is 4.28. The normalized spacial score (nSPS) is 10.9. The largest absolute Gasteiger partial charge is 0.448 e. The van der Waals surface area contributed by atoms with Gasteiger partial charge in [-0.1, -0.05) is 18.2 Å². The van der Waals surface area contributed by atoms with Gasteiger partial charge in [-0.15, -0.1) is 0 Å². The Labute approximate surface area is 112 Å². The maximum absolute atomic E-state index is 5.74. The first-order chi connectivity index (χ1) is 8.65. The molecule has 18 heavy (non-hydrogen) atoms. The topological polar surface area (TPSA) is 28.4 Å². The van der Waals surface area contributed by atoms with Gasteiger partial charge in [0.05, 0.1) is 6.54 Å². The number of hydrogen-bond donors (Lipinski definition) is 1. The van der Waals surface area contributed by atoms with Gasteiger partial charge >= 0.3 is 0 Å². The van der Waals surface area contributed by atoms with Crippen molar-refractivity contribution in [2.75, 3.05) is 19.4 Å². The van der Waals surface area contributed by atoms with E-state index >= 15 is 0 Å². The standard InChI is InChI=1S/C14H17ClN2O/c1-17(2)10-11-5-3-4-6-13(11)16-9-12-7-8-14(15)18-12/h3-8,16H,9-10H2,1-2H3. The molecule has 0 saturated carbocycles. The summed E-state index contributed by atoms with van der Waals surface area (Å²) >= 11 is 5.74. The van der Waals surface area contributed by atoms with Crippen molar-refractivity contribution < 1.29 is 4.42 Å². The molecule has 1 aromatic heterocycles. The van der Waals surface area contributed by atoms with Gasteiger partial charge in [0.25, 0.3) is 0 Å². The molecular weight excluding hydrogens is 248 g/mol.